The lowest BCUT2D eigenvalue weighted by molar-refractivity contribution is -0.150. The second-order valence-corrected chi connectivity index (χ2v) is 22.5. The molecule has 0 aliphatic carbocycles. The van der Waals surface area contributed by atoms with E-state index >= 15 is 4.79 Å². The molecule has 0 unspecified atom stereocenters. The summed E-state index contributed by atoms with van der Waals surface area (Å²) in [5, 5.41) is 18.9. The molecule has 13 nitrogen and oxygen atoms in total. The first-order chi connectivity index (χ1) is 30.4. The maximum atomic E-state index is 15.8. The number of anilines is 1. The van der Waals surface area contributed by atoms with Gasteiger partial charge in [-0.2, -0.15) is 0 Å². The molecule has 0 bridgehead atoms. The fourth-order valence-corrected chi connectivity index (χ4v) is 14.9. The molecule has 1 spiro atoms. The van der Waals surface area contributed by atoms with Gasteiger partial charge in [0.05, 0.1) is 85.8 Å². The predicted octanol–water partition coefficient (Wildman–Crippen LogP) is 6.10. The van der Waals surface area contributed by atoms with Gasteiger partial charge in [-0.1, -0.05) is 73.7 Å². The van der Waals surface area contributed by atoms with E-state index in [0.717, 1.165) is 34.9 Å². The summed E-state index contributed by atoms with van der Waals surface area (Å²) in [4.78, 5) is 61.1. The molecule has 3 aliphatic heterocycles. The molecule has 2 amide bonds. The van der Waals surface area contributed by atoms with Crippen molar-refractivity contribution in [2.24, 2.45) is 5.92 Å². The summed E-state index contributed by atoms with van der Waals surface area (Å²) in [5.41, 5.74) is 2.49. The monoisotopic (exact) mass is 862 g/mol. The lowest BCUT2D eigenvalue weighted by atomic mass is 9.82. The van der Waals surface area contributed by atoms with Crippen LogP contribution in [0.3, 0.4) is 0 Å². The topological polar surface area (TPSA) is 155 Å². The van der Waals surface area contributed by atoms with Crippen LogP contribution in [0.4, 0.5) is 5.69 Å². The lowest BCUT2D eigenvalue weighted by Gasteiger charge is -2.37. The van der Waals surface area contributed by atoms with E-state index in [1.54, 1.807) is 29.0 Å². The first kappa shape index (κ1) is 40.6. The highest BCUT2D eigenvalue weighted by molar-refractivity contribution is 6.91. The van der Waals surface area contributed by atoms with Gasteiger partial charge in [-0.05, 0) is 90.7 Å². The molecule has 3 N–H and O–H groups in total. The molecule has 2 saturated heterocycles. The number of hydrogen-bond donors (Lipinski definition) is 3. The Morgan fingerprint density at radius 1 is 0.841 bits per heavy atom. The number of hydrogen-bond acceptors (Lipinski definition) is 7. The van der Waals surface area contributed by atoms with Crippen molar-refractivity contribution in [2.45, 2.75) is 69.1 Å². The quantitative estimate of drug-likeness (QED) is 0.141. The van der Waals surface area contributed by atoms with Gasteiger partial charge in [-0.25, -0.2) is 9.36 Å². The zero-order valence-corrected chi connectivity index (χ0v) is 36.7. The number of amides is 2. The Bertz CT molecular complexity index is 3040. The standard InChI is InChI=1S/C49H50N6O7Si/c1-30-45(63(3,4)36-21-19-35(61-2)20-22-36)43(27-44(57)52-24-10-13-34(52)29-56)62-49(30)39-26-33(55-47(59)38-15-6-8-17-41(38)51-55)18-23-42(39)53(48(49)60)28-31-11-9-12-32(25-31)54-46(58)37-14-5-7-16-40(37)50-54/h5-9,11-12,14-23,25-26,30,34,43,45,50-51,56H,10,13,24,27-29H2,1-4H3/t30-,34+,43+,45-,49+/m1/s1. The van der Waals surface area contributed by atoms with Crippen molar-refractivity contribution in [2.75, 3.05) is 25.2 Å². The average molecular weight is 863 g/mol. The Hall–Kier alpha value is -6.48. The lowest BCUT2D eigenvalue weighted by Crippen LogP contribution is -2.52. The van der Waals surface area contributed by atoms with Gasteiger partial charge in [0.25, 0.3) is 17.0 Å². The van der Waals surface area contributed by atoms with Crippen LogP contribution >= 0.6 is 0 Å². The largest absolute Gasteiger partial charge is 0.497 e. The molecular weight excluding hydrogens is 813 g/mol. The Balaban J connectivity index is 1.11. The van der Waals surface area contributed by atoms with Crippen molar-refractivity contribution < 1.29 is 24.2 Å². The Morgan fingerprint density at radius 2 is 1.49 bits per heavy atom. The highest BCUT2D eigenvalue weighted by Crippen LogP contribution is 2.60. The van der Waals surface area contributed by atoms with E-state index in [1.807, 2.05) is 91.0 Å². The number of methoxy groups -OCH3 is 1. The van der Waals surface area contributed by atoms with E-state index in [4.69, 9.17) is 9.47 Å². The summed E-state index contributed by atoms with van der Waals surface area (Å²) in [6.07, 6.45) is 0.941. The number of nitrogens with one attached hydrogen (secondary N) is 2. The summed E-state index contributed by atoms with van der Waals surface area (Å²) in [7, 11) is -0.984. The third-order valence-corrected chi connectivity index (χ3v) is 18.4. The number of carbonyl (C=O) groups excluding carboxylic acids is 2. The number of fused-ring (bicyclic) bond motifs is 4. The molecular formula is C49H50N6O7Si. The predicted molar refractivity (Wildman–Crippen MR) is 245 cm³/mol. The normalized spacial score (nSPS) is 22.2. The van der Waals surface area contributed by atoms with E-state index in [0.29, 0.717) is 45.5 Å². The van der Waals surface area contributed by atoms with Crippen LogP contribution in [0.1, 0.15) is 37.3 Å². The minimum atomic E-state index is -2.62. The van der Waals surface area contributed by atoms with Crippen LogP contribution in [0.15, 0.2) is 125 Å². The number of para-hydroxylation sites is 2. The number of aromatic amines is 2. The second kappa shape index (κ2) is 15.4. The summed E-state index contributed by atoms with van der Waals surface area (Å²) >= 11 is 0. The van der Waals surface area contributed by atoms with Gasteiger partial charge in [0, 0.05) is 18.0 Å². The van der Waals surface area contributed by atoms with Crippen molar-refractivity contribution in [3.63, 3.8) is 0 Å². The van der Waals surface area contributed by atoms with Crippen LogP contribution in [0.5, 0.6) is 5.75 Å². The third kappa shape index (κ3) is 6.41. The number of aliphatic hydroxyl groups is 1. The van der Waals surface area contributed by atoms with E-state index in [-0.39, 0.29) is 54.1 Å². The molecule has 5 atom stereocenters. The van der Waals surface area contributed by atoms with Crippen LogP contribution in [0, 0.1) is 5.92 Å². The SMILES string of the molecule is COc1ccc([Si](C)(C)[C@H]2[C@H](CC(=O)N3CCC[C@H]3CO)O[C@@]3(C(=O)N(Cc4cccc(-n5[nH]c6ccccc6c5=O)c4)c4ccc(-n5[nH]c6ccccc6c5=O)cc43)[C@@H]2C)cc1. The summed E-state index contributed by atoms with van der Waals surface area (Å²) in [5.74, 6) is -0.0442. The molecule has 0 radical (unpaired) electrons. The number of nitrogens with zero attached hydrogens (tertiary/aromatic N) is 4. The van der Waals surface area contributed by atoms with E-state index in [2.05, 4.69) is 42.3 Å². The first-order valence-corrected chi connectivity index (χ1v) is 24.7. The Kier molecular flexibility index (Phi) is 9.92. The molecule has 10 rings (SSSR count). The van der Waals surface area contributed by atoms with Gasteiger partial charge in [0.1, 0.15) is 5.75 Å². The fourth-order valence-electron chi connectivity index (χ4n) is 10.9. The van der Waals surface area contributed by atoms with Crippen LogP contribution in [-0.2, 0) is 26.5 Å². The van der Waals surface area contributed by atoms with Crippen molar-refractivity contribution in [1.82, 2.24) is 24.5 Å². The Labute approximate surface area is 364 Å². The minimum Gasteiger partial charge on any atom is -0.497 e. The van der Waals surface area contributed by atoms with Crippen LogP contribution in [-0.4, -0.2) is 81.9 Å². The molecule has 322 valence electrons. The second-order valence-electron chi connectivity index (χ2n) is 17.8. The number of H-pyrrole nitrogens is 2. The van der Waals surface area contributed by atoms with E-state index in [9.17, 15) is 19.5 Å². The van der Waals surface area contributed by atoms with E-state index < -0.39 is 25.7 Å². The van der Waals surface area contributed by atoms with Gasteiger partial charge >= 0.3 is 0 Å². The van der Waals surface area contributed by atoms with Gasteiger partial charge in [0.2, 0.25) is 5.91 Å². The molecule has 2 aromatic heterocycles. The van der Waals surface area contributed by atoms with Gasteiger partial charge in [-0.15, -0.1) is 0 Å². The summed E-state index contributed by atoms with van der Waals surface area (Å²) in [6.45, 7) is 7.24. The zero-order chi connectivity index (χ0) is 43.8. The minimum absolute atomic E-state index is 0.0465. The molecule has 63 heavy (non-hydrogen) atoms. The van der Waals surface area contributed by atoms with Gasteiger partial charge in [0.15, 0.2) is 5.60 Å². The van der Waals surface area contributed by atoms with Crippen LogP contribution < -0.4 is 25.9 Å². The average Bonchev–Trinajstić information content (AvgIpc) is 4.11. The summed E-state index contributed by atoms with van der Waals surface area (Å²) < 4.78 is 15.9. The highest BCUT2D eigenvalue weighted by Gasteiger charge is 2.66. The number of benzene rings is 5. The maximum Gasteiger partial charge on any atom is 0.279 e. The maximum absolute atomic E-state index is 15.8. The number of rotatable bonds is 10. The smallest absolute Gasteiger partial charge is 0.279 e. The van der Waals surface area contributed by atoms with Crippen LogP contribution in [0.2, 0.25) is 18.6 Å². The highest BCUT2D eigenvalue weighted by atomic mass is 28.3. The first-order valence-electron chi connectivity index (χ1n) is 21.6. The Morgan fingerprint density at radius 3 is 2.13 bits per heavy atom. The molecule has 3 aliphatic rings. The molecule has 5 aromatic carbocycles. The number of carbonyl (C=O) groups is 2. The number of aliphatic hydroxyl groups excluding tert-OH is 1. The fraction of sp³-hybridized carbons (Fsp3) is 0.306. The van der Waals surface area contributed by atoms with E-state index in [1.165, 1.54) is 9.36 Å². The number of ether oxygens (including phenoxy) is 2. The molecule has 0 saturated carbocycles. The van der Waals surface area contributed by atoms with Gasteiger partial charge in [-0.3, -0.25) is 29.4 Å². The zero-order valence-electron chi connectivity index (χ0n) is 35.7. The van der Waals surface area contributed by atoms with Crippen molar-refractivity contribution >= 4 is 52.6 Å². The van der Waals surface area contributed by atoms with Gasteiger partial charge < -0.3 is 24.4 Å². The number of likely N-dealkylation sites (tertiary alicyclic amines) is 1. The third-order valence-electron chi connectivity index (χ3n) is 14.1. The van der Waals surface area contributed by atoms with Crippen molar-refractivity contribution in [3.05, 3.63) is 147 Å². The molecule has 5 heterocycles. The molecule has 14 heteroatoms. The molecule has 7 aromatic rings. The van der Waals surface area contributed by atoms with Crippen molar-refractivity contribution in [3.8, 4) is 17.1 Å². The van der Waals surface area contributed by atoms with Crippen LogP contribution in [0.25, 0.3) is 33.2 Å². The van der Waals surface area contributed by atoms with Crippen molar-refractivity contribution in [1.29, 1.82) is 0 Å². The summed E-state index contributed by atoms with van der Waals surface area (Å²) in [6, 6.07) is 35.7. The number of aromatic nitrogens is 4. The molecule has 2 fully saturated rings.